The lowest BCUT2D eigenvalue weighted by Gasteiger charge is -2.21. The number of benzene rings is 1. The molecule has 0 aliphatic carbocycles. The summed E-state index contributed by atoms with van der Waals surface area (Å²) in [6.07, 6.45) is 3.56. The first kappa shape index (κ1) is 12.8. The summed E-state index contributed by atoms with van der Waals surface area (Å²) in [4.78, 5) is 12.2. The van der Waals surface area contributed by atoms with Gasteiger partial charge in [0.05, 0.1) is 12.7 Å². The molecule has 0 spiro atoms. The van der Waals surface area contributed by atoms with Gasteiger partial charge in [-0.2, -0.15) is 0 Å². The van der Waals surface area contributed by atoms with Gasteiger partial charge in [0.15, 0.2) is 0 Å². The van der Waals surface area contributed by atoms with Crippen LogP contribution < -0.4 is 5.32 Å². The van der Waals surface area contributed by atoms with E-state index in [1.54, 1.807) is 0 Å². The van der Waals surface area contributed by atoms with E-state index in [-0.39, 0.29) is 12.0 Å². The number of nitrogens with one attached hydrogen (secondary N) is 1. The van der Waals surface area contributed by atoms with E-state index < -0.39 is 0 Å². The SMILES string of the molecule is CCc1ccccc1NC(=O)C1=CCCOC1C. The highest BCUT2D eigenvalue weighted by Crippen LogP contribution is 2.19. The Hall–Kier alpha value is -1.61. The molecule has 3 heteroatoms. The normalized spacial score (nSPS) is 19.2. The van der Waals surface area contributed by atoms with Gasteiger partial charge >= 0.3 is 0 Å². The van der Waals surface area contributed by atoms with Crippen molar-refractivity contribution in [2.24, 2.45) is 0 Å². The second-order valence-electron chi connectivity index (χ2n) is 4.43. The summed E-state index contributed by atoms with van der Waals surface area (Å²) in [7, 11) is 0. The van der Waals surface area contributed by atoms with Crippen LogP contribution in [0.5, 0.6) is 0 Å². The first-order valence-corrected chi connectivity index (χ1v) is 6.43. The van der Waals surface area contributed by atoms with Gasteiger partial charge in [0.1, 0.15) is 0 Å². The zero-order chi connectivity index (χ0) is 13.0. The number of para-hydroxylation sites is 1. The van der Waals surface area contributed by atoms with Crippen molar-refractivity contribution >= 4 is 11.6 Å². The van der Waals surface area contributed by atoms with Gasteiger partial charge in [-0.15, -0.1) is 0 Å². The van der Waals surface area contributed by atoms with Crippen molar-refractivity contribution in [1.29, 1.82) is 0 Å². The number of rotatable bonds is 3. The van der Waals surface area contributed by atoms with Gasteiger partial charge in [-0.25, -0.2) is 0 Å². The molecule has 1 amide bonds. The van der Waals surface area contributed by atoms with E-state index in [2.05, 4.69) is 12.2 Å². The molecule has 0 aromatic heterocycles. The lowest BCUT2D eigenvalue weighted by atomic mass is 10.1. The fraction of sp³-hybridized carbons (Fsp3) is 0.400. The molecule has 0 radical (unpaired) electrons. The molecule has 1 unspecified atom stereocenters. The van der Waals surface area contributed by atoms with E-state index in [0.717, 1.165) is 29.7 Å². The largest absolute Gasteiger partial charge is 0.373 e. The van der Waals surface area contributed by atoms with E-state index in [9.17, 15) is 4.79 Å². The van der Waals surface area contributed by atoms with Crippen molar-refractivity contribution < 1.29 is 9.53 Å². The van der Waals surface area contributed by atoms with Crippen molar-refractivity contribution in [2.45, 2.75) is 32.8 Å². The number of aryl methyl sites for hydroxylation is 1. The first-order valence-electron chi connectivity index (χ1n) is 6.43. The third-order valence-electron chi connectivity index (χ3n) is 3.20. The average molecular weight is 245 g/mol. The smallest absolute Gasteiger partial charge is 0.253 e. The van der Waals surface area contributed by atoms with Crippen LogP contribution in [0.2, 0.25) is 0 Å². The fourth-order valence-corrected chi connectivity index (χ4v) is 2.14. The Labute approximate surface area is 108 Å². The van der Waals surface area contributed by atoms with Gasteiger partial charge in [0, 0.05) is 11.3 Å². The van der Waals surface area contributed by atoms with E-state index >= 15 is 0 Å². The molecular weight excluding hydrogens is 226 g/mol. The second kappa shape index (κ2) is 5.83. The maximum Gasteiger partial charge on any atom is 0.253 e. The minimum atomic E-state index is -0.118. The highest BCUT2D eigenvalue weighted by molar-refractivity contribution is 6.04. The second-order valence-corrected chi connectivity index (χ2v) is 4.43. The number of hydrogen-bond donors (Lipinski definition) is 1. The zero-order valence-corrected chi connectivity index (χ0v) is 10.9. The number of amides is 1. The number of carbonyl (C=O) groups is 1. The van der Waals surface area contributed by atoms with Gasteiger partial charge in [0.2, 0.25) is 0 Å². The Bertz CT molecular complexity index is 465. The van der Waals surface area contributed by atoms with Crippen LogP contribution in [0.25, 0.3) is 0 Å². The molecule has 0 saturated carbocycles. The van der Waals surface area contributed by atoms with Crippen molar-refractivity contribution in [1.82, 2.24) is 0 Å². The predicted molar refractivity (Wildman–Crippen MR) is 72.6 cm³/mol. The third kappa shape index (κ3) is 2.79. The van der Waals surface area contributed by atoms with Crippen LogP contribution in [0, 0.1) is 0 Å². The topological polar surface area (TPSA) is 38.3 Å². The molecule has 1 aliphatic heterocycles. The van der Waals surface area contributed by atoms with Crippen LogP contribution in [-0.2, 0) is 16.0 Å². The maximum atomic E-state index is 12.2. The van der Waals surface area contributed by atoms with E-state index in [1.165, 1.54) is 0 Å². The molecule has 1 N–H and O–H groups in total. The number of ether oxygens (including phenoxy) is 1. The van der Waals surface area contributed by atoms with Gasteiger partial charge in [-0.1, -0.05) is 31.2 Å². The molecule has 3 nitrogen and oxygen atoms in total. The van der Waals surface area contributed by atoms with E-state index in [0.29, 0.717) is 6.61 Å². The summed E-state index contributed by atoms with van der Waals surface area (Å²) in [5.41, 5.74) is 2.77. The third-order valence-corrected chi connectivity index (χ3v) is 3.20. The first-order chi connectivity index (χ1) is 8.72. The minimum absolute atomic E-state index is 0.0527. The van der Waals surface area contributed by atoms with Crippen LogP contribution in [-0.4, -0.2) is 18.6 Å². The quantitative estimate of drug-likeness (QED) is 0.889. The molecule has 1 atom stereocenters. The monoisotopic (exact) mass is 245 g/mol. The summed E-state index contributed by atoms with van der Waals surface area (Å²) >= 11 is 0. The van der Waals surface area contributed by atoms with E-state index in [4.69, 9.17) is 4.74 Å². The lowest BCUT2D eigenvalue weighted by Crippen LogP contribution is -2.27. The molecule has 1 aliphatic rings. The fourth-order valence-electron chi connectivity index (χ4n) is 2.14. The highest BCUT2D eigenvalue weighted by atomic mass is 16.5. The number of anilines is 1. The molecular formula is C15H19NO2. The van der Waals surface area contributed by atoms with Gasteiger partial charge in [0.25, 0.3) is 5.91 Å². The summed E-state index contributed by atoms with van der Waals surface area (Å²) in [5, 5.41) is 2.97. The Balaban J connectivity index is 2.14. The summed E-state index contributed by atoms with van der Waals surface area (Å²) in [6.45, 7) is 4.69. The van der Waals surface area contributed by atoms with E-state index in [1.807, 2.05) is 37.3 Å². The Morgan fingerprint density at radius 3 is 2.94 bits per heavy atom. The Kier molecular flexibility index (Phi) is 4.15. The standard InChI is InChI=1S/C15H19NO2/c1-3-12-7-4-5-9-14(12)16-15(17)13-8-6-10-18-11(13)2/h4-5,7-9,11H,3,6,10H2,1-2H3,(H,16,17). The summed E-state index contributed by atoms with van der Waals surface area (Å²) in [5.74, 6) is -0.0527. The molecule has 1 aromatic rings. The van der Waals surface area contributed by atoms with Gasteiger partial charge in [-0.3, -0.25) is 4.79 Å². The lowest BCUT2D eigenvalue weighted by molar-refractivity contribution is -0.114. The summed E-state index contributed by atoms with van der Waals surface area (Å²) in [6, 6.07) is 7.89. The van der Waals surface area contributed by atoms with Crippen molar-refractivity contribution in [3.05, 3.63) is 41.5 Å². The zero-order valence-electron chi connectivity index (χ0n) is 10.9. The predicted octanol–water partition coefficient (Wildman–Crippen LogP) is 2.92. The van der Waals surface area contributed by atoms with Crippen LogP contribution in [0.4, 0.5) is 5.69 Å². The number of hydrogen-bond acceptors (Lipinski definition) is 2. The van der Waals surface area contributed by atoms with Crippen LogP contribution in [0.3, 0.4) is 0 Å². The Morgan fingerprint density at radius 1 is 1.44 bits per heavy atom. The molecule has 96 valence electrons. The minimum Gasteiger partial charge on any atom is -0.373 e. The van der Waals surface area contributed by atoms with Crippen LogP contribution in [0.15, 0.2) is 35.9 Å². The summed E-state index contributed by atoms with van der Waals surface area (Å²) < 4.78 is 5.48. The molecule has 0 bridgehead atoms. The number of carbonyl (C=O) groups excluding carboxylic acids is 1. The van der Waals surface area contributed by atoms with Crippen LogP contribution in [0.1, 0.15) is 25.8 Å². The Morgan fingerprint density at radius 2 is 2.22 bits per heavy atom. The molecule has 2 rings (SSSR count). The molecule has 1 aromatic carbocycles. The highest BCUT2D eigenvalue weighted by Gasteiger charge is 2.20. The van der Waals surface area contributed by atoms with Gasteiger partial charge < -0.3 is 10.1 Å². The van der Waals surface area contributed by atoms with Crippen molar-refractivity contribution in [2.75, 3.05) is 11.9 Å². The van der Waals surface area contributed by atoms with Crippen molar-refractivity contribution in [3.63, 3.8) is 0 Å². The van der Waals surface area contributed by atoms with Crippen LogP contribution >= 0.6 is 0 Å². The average Bonchev–Trinajstić information content (AvgIpc) is 2.39. The molecule has 0 saturated heterocycles. The molecule has 0 fully saturated rings. The maximum absolute atomic E-state index is 12.2. The van der Waals surface area contributed by atoms with Crippen molar-refractivity contribution in [3.8, 4) is 0 Å². The molecule has 18 heavy (non-hydrogen) atoms. The molecule has 1 heterocycles. The van der Waals surface area contributed by atoms with Gasteiger partial charge in [-0.05, 0) is 31.4 Å².